The SMILES string of the molecule is CCOc1ccc(C[NH+](CC(=O)[O-])CC(C)C)cc1. The number of carbonyl (C=O) groups is 1. The van der Waals surface area contributed by atoms with Crippen LogP contribution in [-0.4, -0.2) is 25.7 Å². The van der Waals surface area contributed by atoms with Crippen molar-refractivity contribution in [2.24, 2.45) is 5.92 Å². The summed E-state index contributed by atoms with van der Waals surface area (Å²) in [7, 11) is 0. The van der Waals surface area contributed by atoms with Gasteiger partial charge in [0.05, 0.1) is 19.1 Å². The maximum Gasteiger partial charge on any atom is 0.119 e. The second-order valence-electron chi connectivity index (χ2n) is 5.15. The van der Waals surface area contributed by atoms with E-state index in [-0.39, 0.29) is 6.54 Å². The highest BCUT2D eigenvalue weighted by Gasteiger charge is 2.12. The minimum Gasteiger partial charge on any atom is -0.544 e. The zero-order chi connectivity index (χ0) is 14.3. The molecule has 19 heavy (non-hydrogen) atoms. The third-order valence-electron chi connectivity index (χ3n) is 2.78. The van der Waals surface area contributed by atoms with Crippen molar-refractivity contribution < 1.29 is 19.5 Å². The van der Waals surface area contributed by atoms with Crippen LogP contribution in [0.1, 0.15) is 26.3 Å². The van der Waals surface area contributed by atoms with Gasteiger partial charge in [0.2, 0.25) is 0 Å². The van der Waals surface area contributed by atoms with Gasteiger partial charge in [0, 0.05) is 11.5 Å². The molecule has 106 valence electrons. The number of carbonyl (C=O) groups excluding carboxylic acids is 1. The van der Waals surface area contributed by atoms with Crippen LogP contribution in [0, 0.1) is 5.92 Å². The number of rotatable bonds is 8. The molecule has 4 nitrogen and oxygen atoms in total. The van der Waals surface area contributed by atoms with Crippen molar-refractivity contribution in [3.63, 3.8) is 0 Å². The molecular formula is C15H23NO3. The van der Waals surface area contributed by atoms with Crippen LogP contribution in [0.15, 0.2) is 24.3 Å². The smallest absolute Gasteiger partial charge is 0.119 e. The fourth-order valence-corrected chi connectivity index (χ4v) is 2.15. The first-order valence-corrected chi connectivity index (χ1v) is 6.76. The summed E-state index contributed by atoms with van der Waals surface area (Å²) in [6, 6.07) is 7.82. The number of aliphatic carboxylic acids is 1. The van der Waals surface area contributed by atoms with E-state index in [4.69, 9.17) is 4.74 Å². The van der Waals surface area contributed by atoms with E-state index in [9.17, 15) is 9.90 Å². The quantitative estimate of drug-likeness (QED) is 0.713. The van der Waals surface area contributed by atoms with Crippen LogP contribution in [0.25, 0.3) is 0 Å². The van der Waals surface area contributed by atoms with Gasteiger partial charge in [-0.1, -0.05) is 13.8 Å². The lowest BCUT2D eigenvalue weighted by atomic mass is 10.1. The van der Waals surface area contributed by atoms with E-state index in [2.05, 4.69) is 13.8 Å². The molecule has 1 atom stereocenters. The summed E-state index contributed by atoms with van der Waals surface area (Å²) in [6.07, 6.45) is 0. The van der Waals surface area contributed by atoms with E-state index in [1.54, 1.807) is 0 Å². The Bertz CT molecular complexity index is 387. The van der Waals surface area contributed by atoms with Gasteiger partial charge in [0.15, 0.2) is 0 Å². The molecule has 0 bridgehead atoms. The number of hydrogen-bond donors (Lipinski definition) is 1. The number of benzene rings is 1. The van der Waals surface area contributed by atoms with Crippen molar-refractivity contribution in [3.05, 3.63) is 29.8 Å². The molecule has 0 saturated carbocycles. The lowest BCUT2D eigenvalue weighted by molar-refractivity contribution is -0.911. The Labute approximate surface area is 115 Å². The average molecular weight is 265 g/mol. The Morgan fingerprint density at radius 1 is 1.32 bits per heavy atom. The summed E-state index contributed by atoms with van der Waals surface area (Å²) < 4.78 is 5.38. The van der Waals surface area contributed by atoms with Crippen molar-refractivity contribution in [2.45, 2.75) is 27.3 Å². The molecule has 0 aliphatic rings. The summed E-state index contributed by atoms with van der Waals surface area (Å²) in [5.41, 5.74) is 1.11. The molecule has 0 heterocycles. The number of quaternary nitrogens is 1. The van der Waals surface area contributed by atoms with E-state index in [0.29, 0.717) is 19.1 Å². The van der Waals surface area contributed by atoms with Crippen LogP contribution in [0.5, 0.6) is 5.75 Å². The monoisotopic (exact) mass is 265 g/mol. The van der Waals surface area contributed by atoms with Gasteiger partial charge in [0.25, 0.3) is 0 Å². The first-order chi connectivity index (χ1) is 9.01. The molecule has 1 rings (SSSR count). The van der Waals surface area contributed by atoms with E-state index in [0.717, 1.165) is 22.8 Å². The fourth-order valence-electron chi connectivity index (χ4n) is 2.15. The standard InChI is InChI=1S/C15H23NO3/c1-4-19-14-7-5-13(6-8-14)10-16(9-12(2)3)11-15(17)18/h5-8,12H,4,9-11H2,1-3H3,(H,17,18). The molecule has 0 radical (unpaired) electrons. The lowest BCUT2D eigenvalue weighted by Crippen LogP contribution is -3.12. The van der Waals surface area contributed by atoms with Gasteiger partial charge in [-0.15, -0.1) is 0 Å². The molecule has 0 spiro atoms. The summed E-state index contributed by atoms with van der Waals surface area (Å²) in [5, 5.41) is 10.8. The maximum atomic E-state index is 10.8. The van der Waals surface area contributed by atoms with Crippen molar-refractivity contribution in [3.8, 4) is 5.75 Å². The number of nitrogens with one attached hydrogen (secondary N) is 1. The number of ether oxygens (including phenoxy) is 1. The second kappa shape index (κ2) is 7.79. The van der Waals surface area contributed by atoms with Crippen LogP contribution >= 0.6 is 0 Å². The maximum absolute atomic E-state index is 10.8. The lowest BCUT2D eigenvalue weighted by Gasteiger charge is -2.22. The van der Waals surface area contributed by atoms with Gasteiger partial charge in [-0.05, 0) is 31.2 Å². The van der Waals surface area contributed by atoms with Gasteiger partial charge in [0.1, 0.15) is 18.8 Å². The zero-order valence-electron chi connectivity index (χ0n) is 11.9. The predicted molar refractivity (Wildman–Crippen MR) is 71.9 cm³/mol. The van der Waals surface area contributed by atoms with Gasteiger partial charge >= 0.3 is 0 Å². The normalized spacial score (nSPS) is 12.4. The number of hydrogen-bond acceptors (Lipinski definition) is 3. The first-order valence-electron chi connectivity index (χ1n) is 6.76. The Kier molecular flexibility index (Phi) is 6.36. The van der Waals surface area contributed by atoms with E-state index >= 15 is 0 Å². The van der Waals surface area contributed by atoms with Gasteiger partial charge in [-0.2, -0.15) is 0 Å². The van der Waals surface area contributed by atoms with Crippen LogP contribution < -0.4 is 14.7 Å². The Balaban J connectivity index is 2.64. The molecule has 1 N–H and O–H groups in total. The average Bonchev–Trinajstić information content (AvgIpc) is 2.30. The highest BCUT2D eigenvalue weighted by molar-refractivity contribution is 5.65. The van der Waals surface area contributed by atoms with Crippen LogP contribution in [0.3, 0.4) is 0 Å². The third-order valence-corrected chi connectivity index (χ3v) is 2.78. The Morgan fingerprint density at radius 2 is 1.95 bits per heavy atom. The van der Waals surface area contributed by atoms with Crippen LogP contribution in [0.2, 0.25) is 0 Å². The number of carboxylic acids is 1. The van der Waals surface area contributed by atoms with E-state index in [1.165, 1.54) is 0 Å². The van der Waals surface area contributed by atoms with Crippen molar-refractivity contribution in [2.75, 3.05) is 19.7 Å². The summed E-state index contributed by atoms with van der Waals surface area (Å²) >= 11 is 0. The minimum atomic E-state index is -0.999. The number of carboxylic acid groups (broad SMARTS) is 1. The Morgan fingerprint density at radius 3 is 2.42 bits per heavy atom. The molecule has 0 amide bonds. The summed E-state index contributed by atoms with van der Waals surface area (Å²) in [5.74, 6) is 0.301. The van der Waals surface area contributed by atoms with Crippen LogP contribution in [-0.2, 0) is 11.3 Å². The van der Waals surface area contributed by atoms with E-state index < -0.39 is 5.97 Å². The highest BCUT2D eigenvalue weighted by atomic mass is 16.5. The molecule has 0 aromatic heterocycles. The van der Waals surface area contributed by atoms with Gasteiger partial charge < -0.3 is 19.5 Å². The van der Waals surface area contributed by atoms with Crippen LogP contribution in [0.4, 0.5) is 0 Å². The molecule has 1 aromatic carbocycles. The minimum absolute atomic E-state index is 0.0470. The molecule has 1 aromatic rings. The molecule has 0 fully saturated rings. The third kappa shape index (κ3) is 6.25. The molecule has 1 unspecified atom stereocenters. The zero-order valence-corrected chi connectivity index (χ0v) is 11.9. The fraction of sp³-hybridized carbons (Fsp3) is 0.533. The van der Waals surface area contributed by atoms with Gasteiger partial charge in [-0.25, -0.2) is 0 Å². The van der Waals surface area contributed by atoms with Crippen molar-refractivity contribution in [1.82, 2.24) is 0 Å². The molecule has 0 saturated heterocycles. The predicted octanol–water partition coefficient (Wildman–Crippen LogP) is -0.124. The molecule has 0 aliphatic carbocycles. The first kappa shape index (κ1) is 15.5. The van der Waals surface area contributed by atoms with Gasteiger partial charge in [-0.3, -0.25) is 0 Å². The highest BCUT2D eigenvalue weighted by Crippen LogP contribution is 2.11. The van der Waals surface area contributed by atoms with Crippen molar-refractivity contribution in [1.29, 1.82) is 0 Å². The van der Waals surface area contributed by atoms with E-state index in [1.807, 2.05) is 31.2 Å². The Hall–Kier alpha value is -1.55. The summed E-state index contributed by atoms with van der Waals surface area (Å²) in [6.45, 7) is 8.34. The topological polar surface area (TPSA) is 53.8 Å². The largest absolute Gasteiger partial charge is 0.544 e. The molecular weight excluding hydrogens is 242 g/mol. The molecule has 4 heteroatoms. The second-order valence-corrected chi connectivity index (χ2v) is 5.15. The van der Waals surface area contributed by atoms with Crippen molar-refractivity contribution >= 4 is 5.97 Å². The summed E-state index contributed by atoms with van der Waals surface area (Å²) in [4.78, 5) is 11.8. The molecule has 0 aliphatic heterocycles.